The van der Waals surface area contributed by atoms with E-state index in [1.807, 2.05) is 23.5 Å². The zero-order valence-corrected chi connectivity index (χ0v) is 13.5. The van der Waals surface area contributed by atoms with Crippen molar-refractivity contribution < 1.29 is 4.52 Å². The lowest BCUT2D eigenvalue weighted by molar-refractivity contribution is 0.423. The molecule has 1 fully saturated rings. The van der Waals surface area contributed by atoms with Crippen molar-refractivity contribution in [1.29, 1.82) is 0 Å². The van der Waals surface area contributed by atoms with E-state index in [9.17, 15) is 0 Å². The highest BCUT2D eigenvalue weighted by Gasteiger charge is 2.22. The predicted molar refractivity (Wildman–Crippen MR) is 86.7 cm³/mol. The zero-order chi connectivity index (χ0) is 14.1. The fraction of sp³-hybridized carbons (Fsp3) is 0.333. The molecule has 4 nitrogen and oxygen atoms in total. The number of benzene rings is 1. The van der Waals surface area contributed by atoms with Crippen molar-refractivity contribution in [2.24, 2.45) is 0 Å². The Morgan fingerprint density at radius 3 is 2.65 bits per heavy atom. The smallest absolute Gasteiger partial charge is 0.258 e. The molecule has 1 saturated heterocycles. The fourth-order valence-corrected chi connectivity index (χ4v) is 4.90. The normalized spacial score (nSPS) is 19.2. The van der Waals surface area contributed by atoms with E-state index in [0.717, 1.165) is 17.3 Å². The monoisotopic (exact) mass is 347 g/mol. The molecule has 3 rings (SSSR count). The third-order valence-electron chi connectivity index (χ3n) is 2.87. The molecule has 0 aliphatic carbocycles. The largest absolute Gasteiger partial charge is 0.396 e. The Kier molecular flexibility index (Phi) is 4.35. The first-order valence-electron chi connectivity index (χ1n) is 5.93. The van der Waals surface area contributed by atoms with Gasteiger partial charge in [0.15, 0.2) is 5.82 Å². The van der Waals surface area contributed by atoms with Crippen molar-refractivity contribution in [3.05, 3.63) is 28.0 Å². The first-order chi connectivity index (χ1) is 9.65. The molecule has 1 atom stereocenters. The third-order valence-corrected chi connectivity index (χ3v) is 6.25. The summed E-state index contributed by atoms with van der Waals surface area (Å²) in [4.78, 5) is 4.45. The molecule has 106 valence electrons. The summed E-state index contributed by atoms with van der Waals surface area (Å²) in [6.07, 6.45) is 0. The molecule has 0 spiro atoms. The lowest BCUT2D eigenvalue weighted by Crippen LogP contribution is -2.07. The van der Waals surface area contributed by atoms with Crippen molar-refractivity contribution in [2.75, 3.05) is 23.0 Å². The van der Waals surface area contributed by atoms with Gasteiger partial charge in [0, 0.05) is 22.8 Å². The molecule has 1 aromatic carbocycles. The summed E-state index contributed by atoms with van der Waals surface area (Å²) in [5, 5.41) is 5.11. The van der Waals surface area contributed by atoms with Crippen LogP contribution in [0.15, 0.2) is 16.7 Å². The van der Waals surface area contributed by atoms with Gasteiger partial charge in [0.1, 0.15) is 0 Å². The molecule has 1 aliphatic heterocycles. The first-order valence-corrected chi connectivity index (χ1v) is 8.89. The molecule has 0 radical (unpaired) electrons. The Bertz CT molecular complexity index is 606. The van der Waals surface area contributed by atoms with Gasteiger partial charge >= 0.3 is 0 Å². The van der Waals surface area contributed by atoms with Gasteiger partial charge in [-0.15, -0.1) is 11.8 Å². The van der Waals surface area contributed by atoms with E-state index in [0.29, 0.717) is 27.2 Å². The average Bonchev–Trinajstić information content (AvgIpc) is 2.95. The quantitative estimate of drug-likeness (QED) is 0.823. The predicted octanol–water partition coefficient (Wildman–Crippen LogP) is 4.15. The van der Waals surface area contributed by atoms with Crippen molar-refractivity contribution in [3.8, 4) is 11.5 Å². The molecule has 0 bridgehead atoms. The molecule has 2 N–H and O–H groups in total. The maximum Gasteiger partial charge on any atom is 0.258 e. The summed E-state index contributed by atoms with van der Waals surface area (Å²) >= 11 is 15.8. The molecule has 20 heavy (non-hydrogen) atoms. The zero-order valence-electron chi connectivity index (χ0n) is 10.3. The van der Waals surface area contributed by atoms with Crippen molar-refractivity contribution in [2.45, 2.75) is 5.25 Å². The maximum absolute atomic E-state index is 6.02. The summed E-state index contributed by atoms with van der Waals surface area (Å²) < 4.78 is 5.31. The van der Waals surface area contributed by atoms with Crippen LogP contribution in [0.4, 0.5) is 5.69 Å². The SMILES string of the molecule is Nc1c(Cl)cc(-c2nc(C3CSCCS3)no2)cc1Cl. The Balaban J connectivity index is 1.89. The number of nitrogen functional groups attached to an aromatic ring is 1. The topological polar surface area (TPSA) is 64.9 Å². The van der Waals surface area contributed by atoms with Crippen molar-refractivity contribution >= 4 is 52.4 Å². The van der Waals surface area contributed by atoms with Crippen LogP contribution in [0.5, 0.6) is 0 Å². The molecule has 0 amide bonds. The summed E-state index contributed by atoms with van der Waals surface area (Å²) in [7, 11) is 0. The maximum atomic E-state index is 6.02. The molecule has 1 aliphatic rings. The van der Waals surface area contributed by atoms with Crippen LogP contribution in [0.25, 0.3) is 11.5 Å². The lowest BCUT2D eigenvalue weighted by Gasteiger charge is -2.16. The van der Waals surface area contributed by atoms with Gasteiger partial charge in [-0.1, -0.05) is 28.4 Å². The van der Waals surface area contributed by atoms with Gasteiger partial charge < -0.3 is 10.3 Å². The van der Waals surface area contributed by atoms with Gasteiger partial charge in [-0.3, -0.25) is 0 Å². The van der Waals surface area contributed by atoms with Gasteiger partial charge in [-0.25, -0.2) is 0 Å². The minimum absolute atomic E-state index is 0.283. The molecular formula is C12H11Cl2N3OS2. The molecule has 1 aromatic heterocycles. The Labute approximate surface area is 134 Å². The van der Waals surface area contributed by atoms with Crippen LogP contribution >= 0.6 is 46.7 Å². The molecule has 1 unspecified atom stereocenters. The number of hydrogen-bond acceptors (Lipinski definition) is 6. The Morgan fingerprint density at radius 1 is 1.25 bits per heavy atom. The van der Waals surface area contributed by atoms with Crippen LogP contribution in [0.2, 0.25) is 10.0 Å². The minimum atomic E-state index is 0.283. The second-order valence-electron chi connectivity index (χ2n) is 4.25. The first kappa shape index (κ1) is 14.4. The summed E-state index contributed by atoms with van der Waals surface area (Å²) in [6.45, 7) is 0. The highest BCUT2D eigenvalue weighted by atomic mass is 35.5. The molecule has 2 aromatic rings. The van der Waals surface area contributed by atoms with Crippen LogP contribution in [0.3, 0.4) is 0 Å². The average molecular weight is 348 g/mol. The van der Waals surface area contributed by atoms with E-state index < -0.39 is 0 Å². The van der Waals surface area contributed by atoms with E-state index >= 15 is 0 Å². The third kappa shape index (κ3) is 2.88. The van der Waals surface area contributed by atoms with Crippen LogP contribution in [-0.4, -0.2) is 27.4 Å². The van der Waals surface area contributed by atoms with E-state index in [1.54, 1.807) is 12.1 Å². The number of aromatic nitrogens is 2. The fourth-order valence-electron chi connectivity index (χ4n) is 1.83. The lowest BCUT2D eigenvalue weighted by atomic mass is 10.2. The number of rotatable bonds is 2. The highest BCUT2D eigenvalue weighted by molar-refractivity contribution is 8.06. The summed E-state index contributed by atoms with van der Waals surface area (Å²) in [5.74, 6) is 4.43. The van der Waals surface area contributed by atoms with Crippen LogP contribution in [0.1, 0.15) is 11.1 Å². The summed E-state index contributed by atoms with van der Waals surface area (Å²) in [5.41, 5.74) is 6.75. The van der Waals surface area contributed by atoms with E-state index in [1.165, 1.54) is 5.75 Å². The highest BCUT2D eigenvalue weighted by Crippen LogP contribution is 2.37. The summed E-state index contributed by atoms with van der Waals surface area (Å²) in [6, 6.07) is 3.37. The van der Waals surface area contributed by atoms with Gasteiger partial charge in [-0.2, -0.15) is 16.7 Å². The number of thioether (sulfide) groups is 2. The van der Waals surface area contributed by atoms with E-state index in [4.69, 9.17) is 33.5 Å². The standard InChI is InChI=1S/C12H11Cl2N3OS2/c13-7-3-6(4-8(14)10(7)15)12-16-11(17-18-12)9-5-19-1-2-20-9/h3-4,9H,1-2,5,15H2. The second kappa shape index (κ2) is 6.05. The van der Waals surface area contributed by atoms with Gasteiger partial charge in [-0.05, 0) is 12.1 Å². The Morgan fingerprint density at radius 2 is 2.00 bits per heavy atom. The molecule has 0 saturated carbocycles. The van der Waals surface area contributed by atoms with Gasteiger partial charge in [0.2, 0.25) is 0 Å². The van der Waals surface area contributed by atoms with E-state index in [2.05, 4.69) is 10.1 Å². The number of halogens is 2. The van der Waals surface area contributed by atoms with Crippen molar-refractivity contribution in [3.63, 3.8) is 0 Å². The van der Waals surface area contributed by atoms with Crippen molar-refractivity contribution in [1.82, 2.24) is 10.1 Å². The van der Waals surface area contributed by atoms with Crippen LogP contribution < -0.4 is 5.73 Å². The van der Waals surface area contributed by atoms with Crippen LogP contribution in [-0.2, 0) is 0 Å². The number of hydrogen-bond donors (Lipinski definition) is 1. The molecule has 8 heteroatoms. The number of nitrogens with two attached hydrogens (primary N) is 1. The molecular weight excluding hydrogens is 337 g/mol. The van der Waals surface area contributed by atoms with Gasteiger partial charge in [0.25, 0.3) is 5.89 Å². The minimum Gasteiger partial charge on any atom is -0.396 e. The molecule has 2 heterocycles. The number of nitrogens with zero attached hydrogens (tertiary/aromatic N) is 2. The van der Waals surface area contributed by atoms with Crippen LogP contribution in [0, 0.1) is 0 Å². The Hall–Kier alpha value is -0.560. The van der Waals surface area contributed by atoms with E-state index in [-0.39, 0.29) is 5.25 Å². The van der Waals surface area contributed by atoms with Gasteiger partial charge in [0.05, 0.1) is 21.0 Å². The number of anilines is 1. The second-order valence-corrected chi connectivity index (χ2v) is 7.52.